The van der Waals surface area contributed by atoms with Crippen LogP contribution in [0, 0.1) is 11.3 Å². The highest BCUT2D eigenvalue weighted by molar-refractivity contribution is 8.06. The first-order chi connectivity index (χ1) is 13.4. The van der Waals surface area contributed by atoms with E-state index >= 15 is 0 Å². The van der Waals surface area contributed by atoms with Crippen LogP contribution in [0.5, 0.6) is 0 Å². The number of thioether (sulfide) groups is 1. The lowest BCUT2D eigenvalue weighted by Gasteiger charge is -2.08. The molecule has 0 bridgehead atoms. The largest absolute Gasteiger partial charge is 0.354 e. The van der Waals surface area contributed by atoms with Crippen LogP contribution in [0.4, 0.5) is 5.95 Å². The third-order valence-electron chi connectivity index (χ3n) is 3.86. The molecule has 28 heavy (non-hydrogen) atoms. The van der Waals surface area contributed by atoms with Gasteiger partial charge in [-0.3, -0.25) is 0 Å². The summed E-state index contributed by atoms with van der Waals surface area (Å²) >= 11 is 1.45. The molecular weight excluding hydrogens is 396 g/mol. The minimum absolute atomic E-state index is 0.0837. The van der Waals surface area contributed by atoms with Crippen molar-refractivity contribution in [2.75, 3.05) is 11.9 Å². The molecule has 0 radical (unpaired) electrons. The van der Waals surface area contributed by atoms with Crippen molar-refractivity contribution in [1.82, 2.24) is 15.3 Å². The number of allylic oxidation sites excluding steroid dienone is 2. The van der Waals surface area contributed by atoms with E-state index in [4.69, 9.17) is 5.14 Å². The zero-order valence-corrected chi connectivity index (χ0v) is 16.6. The van der Waals surface area contributed by atoms with E-state index in [1.54, 1.807) is 24.4 Å². The predicted octanol–water partition coefficient (Wildman–Crippen LogP) is 2.17. The Hall–Kier alpha value is -2.87. The second-order valence-electron chi connectivity index (χ2n) is 5.99. The molecule has 0 unspecified atom stereocenters. The Morgan fingerprint density at radius 2 is 2.07 bits per heavy atom. The lowest BCUT2D eigenvalue weighted by molar-refractivity contribution is 0.598. The molecule has 1 aliphatic heterocycles. The number of sulfonamides is 1. The Morgan fingerprint density at radius 1 is 1.32 bits per heavy atom. The third-order valence-corrected chi connectivity index (χ3v) is 5.81. The molecule has 1 aliphatic rings. The van der Waals surface area contributed by atoms with Crippen LogP contribution >= 0.6 is 11.8 Å². The van der Waals surface area contributed by atoms with Crippen molar-refractivity contribution in [2.24, 2.45) is 5.14 Å². The Labute approximate surface area is 167 Å². The number of anilines is 1. The van der Waals surface area contributed by atoms with Crippen LogP contribution in [-0.4, -0.2) is 24.9 Å². The molecule has 0 spiro atoms. The Bertz CT molecular complexity index is 1090. The van der Waals surface area contributed by atoms with Gasteiger partial charge in [0.2, 0.25) is 16.0 Å². The normalized spacial score (nSPS) is 15.4. The second kappa shape index (κ2) is 8.43. The first kappa shape index (κ1) is 19.9. The van der Waals surface area contributed by atoms with Crippen LogP contribution in [0.2, 0.25) is 0 Å². The van der Waals surface area contributed by atoms with Crippen LogP contribution in [0.1, 0.15) is 18.2 Å². The highest BCUT2D eigenvalue weighted by atomic mass is 32.2. The van der Waals surface area contributed by atoms with Gasteiger partial charge in [0.15, 0.2) is 0 Å². The molecule has 0 amide bonds. The smallest absolute Gasteiger partial charge is 0.238 e. The standard InChI is InChI=1S/C18H18N6O2S2/c1-12-11-27-17(23-12)15(10-19)16-7-9-22-18(24-16)21-8-6-13-2-4-14(5-3-13)28(20,25)26/h2-5,7,9,11,23H,6,8H2,1H3,(H2,20,25,26)(H,21,22,24). The summed E-state index contributed by atoms with van der Waals surface area (Å²) in [7, 11) is -3.69. The SMILES string of the molecule is CC1=CSC(=C(C#N)c2ccnc(NCCc3ccc(S(N)(=O)=O)cc3)n2)N1. The number of nitrogens with zero attached hydrogens (tertiary/aromatic N) is 3. The van der Waals surface area contributed by atoms with Gasteiger partial charge < -0.3 is 10.6 Å². The summed E-state index contributed by atoms with van der Waals surface area (Å²) in [5.74, 6) is 0.416. The van der Waals surface area contributed by atoms with E-state index in [2.05, 4.69) is 26.7 Å². The van der Waals surface area contributed by atoms with Crippen molar-refractivity contribution in [3.8, 4) is 6.07 Å². The number of rotatable bonds is 6. The van der Waals surface area contributed by atoms with Crippen LogP contribution in [0.15, 0.2) is 57.6 Å². The summed E-state index contributed by atoms with van der Waals surface area (Å²) in [6.45, 7) is 2.47. The minimum Gasteiger partial charge on any atom is -0.354 e. The third kappa shape index (κ3) is 4.89. The maximum atomic E-state index is 11.3. The lowest BCUT2D eigenvalue weighted by atomic mass is 10.1. The Morgan fingerprint density at radius 3 is 2.68 bits per heavy atom. The van der Waals surface area contributed by atoms with Gasteiger partial charge in [-0.2, -0.15) is 5.26 Å². The molecule has 1 aromatic heterocycles. The van der Waals surface area contributed by atoms with Gasteiger partial charge in [0.05, 0.1) is 15.6 Å². The van der Waals surface area contributed by atoms with Crippen molar-refractivity contribution >= 4 is 33.3 Å². The van der Waals surface area contributed by atoms with Crippen molar-refractivity contribution in [3.05, 3.63) is 63.9 Å². The molecule has 10 heteroatoms. The molecule has 2 aromatic rings. The summed E-state index contributed by atoms with van der Waals surface area (Å²) < 4.78 is 22.6. The monoisotopic (exact) mass is 414 g/mol. The van der Waals surface area contributed by atoms with Gasteiger partial charge >= 0.3 is 0 Å². The van der Waals surface area contributed by atoms with E-state index < -0.39 is 10.0 Å². The van der Waals surface area contributed by atoms with E-state index in [1.165, 1.54) is 23.9 Å². The first-order valence-electron chi connectivity index (χ1n) is 8.30. The van der Waals surface area contributed by atoms with Gasteiger partial charge in [0, 0.05) is 18.4 Å². The summed E-state index contributed by atoms with van der Waals surface area (Å²) in [6, 6.07) is 10.3. The van der Waals surface area contributed by atoms with Crippen molar-refractivity contribution in [2.45, 2.75) is 18.2 Å². The molecule has 0 saturated carbocycles. The van der Waals surface area contributed by atoms with E-state index in [-0.39, 0.29) is 4.90 Å². The van der Waals surface area contributed by atoms with E-state index in [1.807, 2.05) is 12.3 Å². The lowest BCUT2D eigenvalue weighted by Crippen LogP contribution is -2.12. The van der Waals surface area contributed by atoms with Gasteiger partial charge in [-0.25, -0.2) is 23.5 Å². The number of nitrogens with one attached hydrogen (secondary N) is 2. The summed E-state index contributed by atoms with van der Waals surface area (Å²) in [5, 5.41) is 23.6. The maximum absolute atomic E-state index is 11.3. The molecule has 0 saturated heterocycles. The molecule has 2 heterocycles. The van der Waals surface area contributed by atoms with E-state index in [0.717, 1.165) is 16.3 Å². The van der Waals surface area contributed by atoms with Gasteiger partial charge in [-0.05, 0) is 42.5 Å². The molecule has 144 valence electrons. The summed E-state index contributed by atoms with van der Waals surface area (Å²) in [6.07, 6.45) is 2.24. The quantitative estimate of drug-likeness (QED) is 0.612. The number of nitrogens with two attached hydrogens (primary N) is 1. The van der Waals surface area contributed by atoms with Gasteiger partial charge in [0.25, 0.3) is 0 Å². The summed E-state index contributed by atoms with van der Waals surface area (Å²) in [4.78, 5) is 8.68. The summed E-state index contributed by atoms with van der Waals surface area (Å²) in [5.41, 5.74) is 2.93. The molecule has 3 rings (SSSR count). The topological polar surface area (TPSA) is 134 Å². The fourth-order valence-electron chi connectivity index (χ4n) is 2.48. The van der Waals surface area contributed by atoms with Crippen molar-refractivity contribution < 1.29 is 8.42 Å². The Balaban J connectivity index is 1.65. The van der Waals surface area contributed by atoms with Crippen molar-refractivity contribution in [1.29, 1.82) is 5.26 Å². The van der Waals surface area contributed by atoms with Gasteiger partial charge in [-0.15, -0.1) is 0 Å². The fourth-order valence-corrected chi connectivity index (χ4v) is 3.84. The number of nitriles is 1. The van der Waals surface area contributed by atoms with E-state index in [9.17, 15) is 13.7 Å². The molecule has 8 nitrogen and oxygen atoms in total. The molecule has 0 atom stereocenters. The number of benzene rings is 1. The second-order valence-corrected chi connectivity index (χ2v) is 8.43. The van der Waals surface area contributed by atoms with Crippen LogP contribution in [-0.2, 0) is 16.4 Å². The molecule has 0 aliphatic carbocycles. The maximum Gasteiger partial charge on any atom is 0.238 e. The molecule has 0 fully saturated rings. The minimum atomic E-state index is -3.69. The molecule has 1 aromatic carbocycles. The average Bonchev–Trinajstić information content (AvgIpc) is 3.08. The molecule has 4 N–H and O–H groups in total. The fraction of sp³-hybridized carbons (Fsp3) is 0.167. The zero-order chi connectivity index (χ0) is 20.1. The number of primary sulfonamides is 1. The van der Waals surface area contributed by atoms with Crippen LogP contribution < -0.4 is 15.8 Å². The van der Waals surface area contributed by atoms with Gasteiger partial charge in [0.1, 0.15) is 11.6 Å². The van der Waals surface area contributed by atoms with E-state index in [0.29, 0.717) is 30.2 Å². The highest BCUT2D eigenvalue weighted by Crippen LogP contribution is 2.30. The first-order valence-corrected chi connectivity index (χ1v) is 10.7. The molecular formula is C18H18N6O2S2. The highest BCUT2D eigenvalue weighted by Gasteiger charge is 2.15. The number of hydrogen-bond donors (Lipinski definition) is 3. The predicted molar refractivity (Wildman–Crippen MR) is 109 cm³/mol. The zero-order valence-electron chi connectivity index (χ0n) is 15.0. The van der Waals surface area contributed by atoms with Crippen LogP contribution in [0.25, 0.3) is 5.57 Å². The van der Waals surface area contributed by atoms with Crippen LogP contribution in [0.3, 0.4) is 0 Å². The number of aromatic nitrogens is 2. The van der Waals surface area contributed by atoms with Crippen molar-refractivity contribution in [3.63, 3.8) is 0 Å². The average molecular weight is 415 g/mol. The number of hydrogen-bond acceptors (Lipinski definition) is 8. The van der Waals surface area contributed by atoms with Gasteiger partial charge in [-0.1, -0.05) is 23.9 Å². The Kier molecular flexibility index (Phi) is 5.99.